The molecule has 4 rings (SSSR count). The zero-order valence-electron chi connectivity index (χ0n) is 18.9. The number of nitrogens with one attached hydrogen (secondary N) is 2. The maximum absolute atomic E-state index is 12.5. The minimum Gasteiger partial charge on any atom is -0.497 e. The van der Waals surface area contributed by atoms with Crippen LogP contribution in [0, 0.1) is 0 Å². The SMILES string of the molecule is COc1cccc(-c2cc(-c3ccc(C(=O)NCCCN(C)c4ccccc4)cc3)[nH]n2)c1. The molecule has 168 valence electrons. The molecule has 0 bridgehead atoms. The molecule has 3 aromatic carbocycles. The fourth-order valence-corrected chi connectivity index (χ4v) is 3.63. The summed E-state index contributed by atoms with van der Waals surface area (Å²) in [6.07, 6.45) is 0.871. The highest BCUT2D eigenvalue weighted by Crippen LogP contribution is 2.26. The number of rotatable bonds is 9. The van der Waals surface area contributed by atoms with Crippen LogP contribution in [0.2, 0.25) is 0 Å². The number of aromatic nitrogens is 2. The lowest BCUT2D eigenvalue weighted by molar-refractivity contribution is 0.0953. The number of ether oxygens (including phenoxy) is 1. The molecule has 0 spiro atoms. The van der Waals surface area contributed by atoms with Gasteiger partial charge < -0.3 is 15.0 Å². The van der Waals surface area contributed by atoms with E-state index in [1.807, 2.05) is 72.8 Å². The molecule has 0 fully saturated rings. The lowest BCUT2D eigenvalue weighted by Gasteiger charge is -2.19. The van der Waals surface area contributed by atoms with E-state index >= 15 is 0 Å². The molecule has 6 nitrogen and oxygen atoms in total. The number of anilines is 1. The van der Waals surface area contributed by atoms with Gasteiger partial charge in [-0.2, -0.15) is 5.10 Å². The lowest BCUT2D eigenvalue weighted by atomic mass is 10.1. The van der Waals surface area contributed by atoms with Crippen molar-refractivity contribution in [1.29, 1.82) is 0 Å². The van der Waals surface area contributed by atoms with Crippen molar-refractivity contribution >= 4 is 11.6 Å². The van der Waals surface area contributed by atoms with Crippen LogP contribution in [-0.2, 0) is 0 Å². The Balaban J connectivity index is 1.31. The van der Waals surface area contributed by atoms with Crippen LogP contribution in [0.1, 0.15) is 16.8 Å². The number of methoxy groups -OCH3 is 1. The predicted octanol–water partition coefficient (Wildman–Crippen LogP) is 5.01. The number of hydrogen-bond donors (Lipinski definition) is 2. The zero-order valence-corrected chi connectivity index (χ0v) is 18.9. The Hall–Kier alpha value is -4.06. The third-order valence-electron chi connectivity index (χ3n) is 5.55. The van der Waals surface area contributed by atoms with E-state index in [-0.39, 0.29) is 5.91 Å². The summed E-state index contributed by atoms with van der Waals surface area (Å²) >= 11 is 0. The van der Waals surface area contributed by atoms with Gasteiger partial charge in [0.2, 0.25) is 0 Å². The standard InChI is InChI=1S/C27H28N4O2/c1-31(23-9-4-3-5-10-23)17-7-16-28-27(32)21-14-12-20(13-15-21)25-19-26(30-29-25)22-8-6-11-24(18-22)33-2/h3-6,8-15,18-19H,7,16-17H2,1-2H3,(H,28,32)(H,29,30). The second kappa shape index (κ2) is 10.5. The summed E-state index contributed by atoms with van der Waals surface area (Å²) in [4.78, 5) is 14.7. The van der Waals surface area contributed by atoms with Gasteiger partial charge in [-0.15, -0.1) is 0 Å². The van der Waals surface area contributed by atoms with Crippen LogP contribution < -0.4 is 15.0 Å². The molecule has 0 saturated carbocycles. The smallest absolute Gasteiger partial charge is 0.251 e. The molecule has 4 aromatic rings. The van der Waals surface area contributed by atoms with Gasteiger partial charge in [0.05, 0.1) is 18.5 Å². The summed E-state index contributed by atoms with van der Waals surface area (Å²) in [6.45, 7) is 1.50. The van der Waals surface area contributed by atoms with Gasteiger partial charge in [0.1, 0.15) is 5.75 Å². The number of carbonyl (C=O) groups is 1. The number of carbonyl (C=O) groups excluding carboxylic acids is 1. The number of hydrogen-bond acceptors (Lipinski definition) is 4. The Kier molecular flexibility index (Phi) is 7.05. The summed E-state index contributed by atoms with van der Waals surface area (Å²) in [7, 11) is 3.71. The van der Waals surface area contributed by atoms with Gasteiger partial charge in [0.25, 0.3) is 5.91 Å². The molecule has 0 radical (unpaired) electrons. The van der Waals surface area contributed by atoms with Gasteiger partial charge in [0.15, 0.2) is 0 Å². The zero-order chi connectivity index (χ0) is 23.0. The largest absolute Gasteiger partial charge is 0.497 e. The Labute approximate surface area is 194 Å². The normalized spacial score (nSPS) is 10.6. The number of aromatic amines is 1. The van der Waals surface area contributed by atoms with Crippen molar-refractivity contribution in [2.45, 2.75) is 6.42 Å². The number of nitrogens with zero attached hydrogens (tertiary/aromatic N) is 2. The molecule has 1 amide bonds. The van der Waals surface area contributed by atoms with Crippen LogP contribution >= 0.6 is 0 Å². The van der Waals surface area contributed by atoms with Crippen LogP contribution in [0.3, 0.4) is 0 Å². The maximum Gasteiger partial charge on any atom is 0.251 e. The third kappa shape index (κ3) is 5.60. The monoisotopic (exact) mass is 440 g/mol. The van der Waals surface area contributed by atoms with E-state index in [0.29, 0.717) is 12.1 Å². The van der Waals surface area contributed by atoms with E-state index < -0.39 is 0 Å². The molecular weight excluding hydrogens is 412 g/mol. The summed E-state index contributed by atoms with van der Waals surface area (Å²) in [6, 6.07) is 27.6. The number of H-pyrrole nitrogens is 1. The average Bonchev–Trinajstić information content (AvgIpc) is 3.37. The maximum atomic E-state index is 12.5. The Morgan fingerprint density at radius 2 is 1.76 bits per heavy atom. The summed E-state index contributed by atoms with van der Waals surface area (Å²) in [5, 5.41) is 10.5. The molecule has 0 aliphatic carbocycles. The van der Waals surface area contributed by atoms with E-state index in [1.165, 1.54) is 5.69 Å². The molecule has 0 saturated heterocycles. The lowest BCUT2D eigenvalue weighted by Crippen LogP contribution is -2.28. The van der Waals surface area contributed by atoms with Crippen LogP contribution in [0.4, 0.5) is 5.69 Å². The van der Waals surface area contributed by atoms with Gasteiger partial charge in [-0.1, -0.05) is 42.5 Å². The van der Waals surface area contributed by atoms with Crippen LogP contribution in [0.5, 0.6) is 5.75 Å². The molecule has 0 atom stereocenters. The van der Waals surface area contributed by atoms with Gasteiger partial charge in [0, 0.05) is 37.0 Å². The minimum absolute atomic E-state index is 0.0643. The van der Waals surface area contributed by atoms with Crippen molar-refractivity contribution in [2.75, 3.05) is 32.1 Å². The first-order chi connectivity index (χ1) is 16.1. The van der Waals surface area contributed by atoms with E-state index in [1.54, 1.807) is 7.11 Å². The van der Waals surface area contributed by atoms with E-state index in [0.717, 1.165) is 41.2 Å². The second-order valence-corrected chi connectivity index (χ2v) is 7.84. The van der Waals surface area contributed by atoms with Crippen molar-refractivity contribution in [3.8, 4) is 28.3 Å². The molecule has 33 heavy (non-hydrogen) atoms. The van der Waals surface area contributed by atoms with Gasteiger partial charge >= 0.3 is 0 Å². The Bertz CT molecular complexity index is 1190. The Morgan fingerprint density at radius 3 is 2.52 bits per heavy atom. The van der Waals surface area contributed by atoms with Crippen molar-refractivity contribution in [3.63, 3.8) is 0 Å². The molecule has 0 unspecified atom stereocenters. The highest BCUT2D eigenvalue weighted by atomic mass is 16.5. The first kappa shape index (κ1) is 22.1. The third-order valence-corrected chi connectivity index (χ3v) is 5.55. The molecule has 0 aliphatic heterocycles. The molecule has 1 heterocycles. The van der Waals surface area contributed by atoms with E-state index in [9.17, 15) is 4.79 Å². The molecule has 6 heteroatoms. The fourth-order valence-electron chi connectivity index (χ4n) is 3.63. The molecule has 2 N–H and O–H groups in total. The van der Waals surface area contributed by atoms with Crippen molar-refractivity contribution in [1.82, 2.24) is 15.5 Å². The van der Waals surface area contributed by atoms with Gasteiger partial charge in [-0.3, -0.25) is 9.89 Å². The first-order valence-electron chi connectivity index (χ1n) is 11.0. The minimum atomic E-state index is -0.0643. The molecular formula is C27H28N4O2. The van der Waals surface area contributed by atoms with Crippen molar-refractivity contribution in [3.05, 3.63) is 90.5 Å². The highest BCUT2D eigenvalue weighted by molar-refractivity contribution is 5.94. The average molecular weight is 441 g/mol. The first-order valence-corrected chi connectivity index (χ1v) is 11.0. The van der Waals surface area contributed by atoms with Crippen molar-refractivity contribution < 1.29 is 9.53 Å². The van der Waals surface area contributed by atoms with Crippen LogP contribution in [-0.4, -0.2) is 43.4 Å². The molecule has 0 aliphatic rings. The molecule has 1 aromatic heterocycles. The van der Waals surface area contributed by atoms with E-state index in [4.69, 9.17) is 4.74 Å². The number of benzene rings is 3. The fraction of sp³-hybridized carbons (Fsp3) is 0.185. The topological polar surface area (TPSA) is 70.2 Å². The quantitative estimate of drug-likeness (QED) is 0.359. The van der Waals surface area contributed by atoms with Crippen LogP contribution in [0.25, 0.3) is 22.5 Å². The Morgan fingerprint density at radius 1 is 0.970 bits per heavy atom. The highest BCUT2D eigenvalue weighted by Gasteiger charge is 2.09. The summed E-state index contributed by atoms with van der Waals surface area (Å²) in [5.74, 6) is 0.727. The predicted molar refractivity (Wildman–Crippen MR) is 133 cm³/mol. The number of amides is 1. The van der Waals surface area contributed by atoms with Crippen LogP contribution in [0.15, 0.2) is 84.9 Å². The van der Waals surface area contributed by atoms with Gasteiger partial charge in [-0.05, 0) is 54.4 Å². The summed E-state index contributed by atoms with van der Waals surface area (Å²) in [5.41, 5.74) is 5.49. The second-order valence-electron chi connectivity index (χ2n) is 7.84. The van der Waals surface area contributed by atoms with Crippen molar-refractivity contribution in [2.24, 2.45) is 0 Å². The van der Waals surface area contributed by atoms with Gasteiger partial charge in [-0.25, -0.2) is 0 Å². The number of para-hydroxylation sites is 1. The van der Waals surface area contributed by atoms with E-state index in [2.05, 4.69) is 39.6 Å². The summed E-state index contributed by atoms with van der Waals surface area (Å²) < 4.78 is 5.29.